The second kappa shape index (κ2) is 8.12. The van der Waals surface area contributed by atoms with Crippen LogP contribution in [0.2, 0.25) is 0 Å². The van der Waals surface area contributed by atoms with Crippen LogP contribution in [0.25, 0.3) is 5.69 Å². The van der Waals surface area contributed by atoms with Gasteiger partial charge in [-0.2, -0.15) is 0 Å². The van der Waals surface area contributed by atoms with E-state index in [1.54, 1.807) is 0 Å². The van der Waals surface area contributed by atoms with Crippen molar-refractivity contribution in [2.45, 2.75) is 25.4 Å². The summed E-state index contributed by atoms with van der Waals surface area (Å²) < 4.78 is 2.23. The van der Waals surface area contributed by atoms with E-state index >= 15 is 0 Å². The Labute approximate surface area is 170 Å². The molecular weight excluding hydrogens is 368 g/mol. The van der Waals surface area contributed by atoms with Gasteiger partial charge in [0.15, 0.2) is 5.11 Å². The van der Waals surface area contributed by atoms with Crippen molar-refractivity contribution in [3.63, 3.8) is 0 Å². The van der Waals surface area contributed by atoms with Crippen LogP contribution in [0.4, 0.5) is 0 Å². The highest BCUT2D eigenvalue weighted by Crippen LogP contribution is 2.39. The molecule has 2 N–H and O–H groups in total. The van der Waals surface area contributed by atoms with Gasteiger partial charge < -0.3 is 19.9 Å². The van der Waals surface area contributed by atoms with E-state index in [-0.39, 0.29) is 18.7 Å². The average Bonchev–Trinajstić information content (AvgIpc) is 3.31. The third-order valence-corrected chi connectivity index (χ3v) is 5.57. The smallest absolute Gasteiger partial charge is 0.170 e. The predicted octanol–water partition coefficient (Wildman–Crippen LogP) is 3.54. The van der Waals surface area contributed by atoms with Crippen molar-refractivity contribution in [2.24, 2.45) is 0 Å². The average molecular weight is 393 g/mol. The monoisotopic (exact) mass is 392 g/mol. The number of aliphatic hydroxyl groups is 1. The van der Waals surface area contributed by atoms with E-state index < -0.39 is 0 Å². The Morgan fingerprint density at radius 1 is 1.11 bits per heavy atom. The summed E-state index contributed by atoms with van der Waals surface area (Å²) in [5, 5.41) is 13.5. The lowest BCUT2D eigenvalue weighted by Gasteiger charge is -2.29. The van der Waals surface area contributed by atoms with Crippen LogP contribution in [0.3, 0.4) is 0 Å². The standard InChI is InChI=1S/C22H24N4OS/c1-16-8-2-3-10-18(16)25-13-6-11-19(25)21-20(17-9-4-5-12-23-17)24-22(28)26(21)14-7-15-27/h2-6,8-13,20-21,27H,7,14-15H2,1H3,(H,24,28)/t20-,21+/m0/s1. The van der Waals surface area contributed by atoms with Gasteiger partial charge in [0.2, 0.25) is 0 Å². The highest BCUT2D eigenvalue weighted by atomic mass is 32.1. The first-order valence-electron chi connectivity index (χ1n) is 9.53. The minimum atomic E-state index is -0.0509. The van der Waals surface area contributed by atoms with Crippen molar-refractivity contribution in [1.82, 2.24) is 19.8 Å². The number of thiocarbonyl (C=S) groups is 1. The van der Waals surface area contributed by atoms with E-state index in [4.69, 9.17) is 12.2 Å². The number of pyridine rings is 1. The second-order valence-corrected chi connectivity index (χ2v) is 7.37. The molecule has 1 aromatic carbocycles. The molecule has 6 heteroatoms. The number of para-hydroxylation sites is 1. The maximum atomic E-state index is 9.37. The van der Waals surface area contributed by atoms with Gasteiger partial charge in [-0.3, -0.25) is 4.98 Å². The third kappa shape index (κ3) is 3.41. The zero-order valence-electron chi connectivity index (χ0n) is 15.8. The molecule has 2 aromatic heterocycles. The molecule has 0 amide bonds. The van der Waals surface area contributed by atoms with Gasteiger partial charge in [0.05, 0.1) is 17.8 Å². The molecule has 1 aliphatic heterocycles. The van der Waals surface area contributed by atoms with Crippen LogP contribution in [0.15, 0.2) is 67.0 Å². The van der Waals surface area contributed by atoms with Crippen molar-refractivity contribution in [1.29, 1.82) is 0 Å². The van der Waals surface area contributed by atoms with Gasteiger partial charge in [-0.1, -0.05) is 24.3 Å². The fraction of sp³-hybridized carbons (Fsp3) is 0.273. The predicted molar refractivity (Wildman–Crippen MR) is 114 cm³/mol. The SMILES string of the molecule is Cc1ccccc1-n1cccc1[C@@H]1[C@H](c2ccccn2)NC(=S)N1CCCO. The molecule has 3 aromatic rings. The molecule has 28 heavy (non-hydrogen) atoms. The van der Waals surface area contributed by atoms with E-state index in [0.29, 0.717) is 18.1 Å². The van der Waals surface area contributed by atoms with Gasteiger partial charge in [-0.05, 0) is 61.5 Å². The van der Waals surface area contributed by atoms with Gasteiger partial charge in [0.25, 0.3) is 0 Å². The van der Waals surface area contributed by atoms with Crippen LogP contribution >= 0.6 is 12.2 Å². The number of aromatic nitrogens is 2. The summed E-state index contributed by atoms with van der Waals surface area (Å²) >= 11 is 5.66. The molecule has 2 atom stereocenters. The molecule has 1 fully saturated rings. The summed E-state index contributed by atoms with van der Waals surface area (Å²) in [5.74, 6) is 0. The molecule has 3 heterocycles. The van der Waals surface area contributed by atoms with Crippen molar-refractivity contribution >= 4 is 17.3 Å². The maximum absolute atomic E-state index is 9.37. The summed E-state index contributed by atoms with van der Waals surface area (Å²) in [6.07, 6.45) is 4.57. The van der Waals surface area contributed by atoms with Crippen LogP contribution in [0, 0.1) is 6.92 Å². The molecular formula is C22H24N4OS. The van der Waals surface area contributed by atoms with Crippen LogP contribution < -0.4 is 5.32 Å². The Kier molecular flexibility index (Phi) is 5.41. The highest BCUT2D eigenvalue weighted by Gasteiger charge is 2.40. The third-order valence-electron chi connectivity index (χ3n) is 5.21. The Hall–Kier alpha value is -2.70. The lowest BCUT2D eigenvalue weighted by molar-refractivity contribution is 0.245. The molecule has 0 bridgehead atoms. The van der Waals surface area contributed by atoms with Crippen molar-refractivity contribution < 1.29 is 5.11 Å². The lowest BCUT2D eigenvalue weighted by Crippen LogP contribution is -2.31. The number of aliphatic hydroxyl groups excluding tert-OH is 1. The molecule has 1 aliphatic rings. The Balaban J connectivity index is 1.81. The first-order valence-corrected chi connectivity index (χ1v) is 9.93. The van der Waals surface area contributed by atoms with Crippen molar-refractivity contribution in [2.75, 3.05) is 13.2 Å². The molecule has 144 valence electrons. The molecule has 0 spiro atoms. The van der Waals surface area contributed by atoms with E-state index in [9.17, 15) is 5.11 Å². The Bertz CT molecular complexity index is 956. The molecule has 1 saturated heterocycles. The van der Waals surface area contributed by atoms with Gasteiger partial charge >= 0.3 is 0 Å². The molecule has 5 nitrogen and oxygen atoms in total. The maximum Gasteiger partial charge on any atom is 0.170 e. The number of hydrogen-bond donors (Lipinski definition) is 2. The summed E-state index contributed by atoms with van der Waals surface area (Å²) in [7, 11) is 0. The lowest BCUT2D eigenvalue weighted by atomic mass is 10.0. The van der Waals surface area contributed by atoms with Gasteiger partial charge in [0.1, 0.15) is 0 Å². The quantitative estimate of drug-likeness (QED) is 0.629. The number of hydrogen-bond acceptors (Lipinski definition) is 3. The van der Waals surface area contributed by atoms with Gasteiger partial charge in [-0.15, -0.1) is 0 Å². The van der Waals surface area contributed by atoms with Gasteiger partial charge in [0, 0.05) is 36.9 Å². The fourth-order valence-corrected chi connectivity index (χ4v) is 4.23. The van der Waals surface area contributed by atoms with Crippen LogP contribution in [-0.2, 0) is 0 Å². The first kappa shape index (κ1) is 18.7. The van der Waals surface area contributed by atoms with Crippen LogP contribution in [0.1, 0.15) is 35.5 Å². The normalized spacial score (nSPS) is 19.1. The zero-order valence-corrected chi connectivity index (χ0v) is 16.6. The number of nitrogens with one attached hydrogen (secondary N) is 1. The first-order chi connectivity index (χ1) is 13.7. The van der Waals surface area contributed by atoms with Crippen LogP contribution in [-0.4, -0.2) is 37.8 Å². The number of benzene rings is 1. The van der Waals surface area contributed by atoms with Crippen LogP contribution in [0.5, 0.6) is 0 Å². The van der Waals surface area contributed by atoms with E-state index in [1.807, 2.05) is 24.4 Å². The van der Waals surface area contributed by atoms with E-state index in [1.165, 1.54) is 5.56 Å². The summed E-state index contributed by atoms with van der Waals surface area (Å²) in [6, 6.07) is 18.5. The molecule has 0 unspecified atom stereocenters. The Morgan fingerprint density at radius 2 is 1.93 bits per heavy atom. The summed E-state index contributed by atoms with van der Waals surface area (Å²) in [4.78, 5) is 6.76. The van der Waals surface area contributed by atoms with Crippen molar-refractivity contribution in [3.8, 4) is 5.69 Å². The zero-order chi connectivity index (χ0) is 19.5. The molecule has 0 saturated carbocycles. The number of aryl methyl sites for hydroxylation is 1. The minimum absolute atomic E-state index is 0.0106. The minimum Gasteiger partial charge on any atom is -0.396 e. The largest absolute Gasteiger partial charge is 0.396 e. The summed E-state index contributed by atoms with van der Waals surface area (Å²) in [5.41, 5.74) is 4.47. The molecule has 0 aliphatic carbocycles. The molecule has 0 radical (unpaired) electrons. The fourth-order valence-electron chi connectivity index (χ4n) is 3.90. The summed E-state index contributed by atoms with van der Waals surface area (Å²) in [6.45, 7) is 2.95. The number of rotatable bonds is 6. The topological polar surface area (TPSA) is 53.3 Å². The van der Waals surface area contributed by atoms with E-state index in [2.05, 4.69) is 69.3 Å². The highest BCUT2D eigenvalue weighted by molar-refractivity contribution is 7.80. The Morgan fingerprint density at radius 3 is 2.68 bits per heavy atom. The second-order valence-electron chi connectivity index (χ2n) is 6.99. The molecule has 4 rings (SSSR count). The van der Waals surface area contributed by atoms with Gasteiger partial charge in [-0.25, -0.2) is 0 Å². The van der Waals surface area contributed by atoms with E-state index in [0.717, 1.165) is 17.1 Å². The van der Waals surface area contributed by atoms with Crippen molar-refractivity contribution in [3.05, 3.63) is 83.9 Å². The number of nitrogens with zero attached hydrogens (tertiary/aromatic N) is 3.